The third kappa shape index (κ3) is 7.25. The maximum absolute atomic E-state index is 11.6. The van der Waals surface area contributed by atoms with E-state index in [-0.39, 0.29) is 16.3 Å². The Labute approximate surface area is 183 Å². The van der Waals surface area contributed by atoms with E-state index in [9.17, 15) is 18.5 Å². The Bertz CT molecular complexity index is 1040. The summed E-state index contributed by atoms with van der Waals surface area (Å²) in [6.07, 6.45) is 1.02. The molecule has 168 valence electrons. The van der Waals surface area contributed by atoms with Crippen LogP contribution in [0.4, 0.5) is 11.4 Å². The summed E-state index contributed by atoms with van der Waals surface area (Å²) in [5, 5.41) is 20.7. The molecule has 0 aromatic heterocycles. The van der Waals surface area contributed by atoms with Crippen LogP contribution in [-0.2, 0) is 9.84 Å². The Morgan fingerprint density at radius 2 is 1.81 bits per heavy atom. The summed E-state index contributed by atoms with van der Waals surface area (Å²) >= 11 is 0. The maximum atomic E-state index is 11.6. The second-order valence-corrected chi connectivity index (χ2v) is 9.34. The van der Waals surface area contributed by atoms with Crippen molar-refractivity contribution in [2.45, 2.75) is 24.7 Å². The molecule has 0 spiro atoms. The van der Waals surface area contributed by atoms with Crippen LogP contribution in [0.1, 0.15) is 24.0 Å². The fourth-order valence-corrected chi connectivity index (χ4v) is 3.54. The Hall–Kier alpha value is -3.14. The first-order chi connectivity index (χ1) is 14.6. The highest BCUT2D eigenvalue weighted by atomic mass is 32.2. The molecule has 0 aliphatic rings. The fourth-order valence-electron chi connectivity index (χ4n) is 2.90. The minimum Gasteiger partial charge on any atom is -0.378 e. The molecular weight excluding hydrogens is 418 g/mol. The van der Waals surface area contributed by atoms with Gasteiger partial charge in [-0.25, -0.2) is 8.42 Å². The second kappa shape index (κ2) is 10.8. The highest BCUT2D eigenvalue weighted by Gasteiger charge is 2.18. The second-order valence-electron chi connectivity index (χ2n) is 7.33. The summed E-state index contributed by atoms with van der Waals surface area (Å²) in [7, 11) is -1.85. The van der Waals surface area contributed by atoms with Gasteiger partial charge in [0.25, 0.3) is 5.69 Å². The number of anilines is 1. The van der Waals surface area contributed by atoms with Crippen LogP contribution < -0.4 is 16.0 Å². The number of nitro groups is 1. The van der Waals surface area contributed by atoms with Crippen LogP contribution in [0, 0.1) is 17.0 Å². The predicted octanol–water partition coefficient (Wildman–Crippen LogP) is 2.69. The van der Waals surface area contributed by atoms with Gasteiger partial charge in [0, 0.05) is 39.0 Å². The van der Waals surface area contributed by atoms with Crippen molar-refractivity contribution >= 4 is 27.2 Å². The van der Waals surface area contributed by atoms with Gasteiger partial charge in [0.15, 0.2) is 15.8 Å². The number of sulfone groups is 1. The van der Waals surface area contributed by atoms with Crippen LogP contribution in [0.15, 0.2) is 52.4 Å². The van der Waals surface area contributed by atoms with Crippen LogP contribution in [0.5, 0.6) is 0 Å². The molecule has 9 nitrogen and oxygen atoms in total. The van der Waals surface area contributed by atoms with Crippen molar-refractivity contribution in [2.75, 3.05) is 38.3 Å². The van der Waals surface area contributed by atoms with E-state index < -0.39 is 14.8 Å². The average Bonchev–Trinajstić information content (AvgIpc) is 2.72. The van der Waals surface area contributed by atoms with Gasteiger partial charge in [-0.3, -0.25) is 15.1 Å². The summed E-state index contributed by atoms with van der Waals surface area (Å²) < 4.78 is 23.3. The normalized spacial score (nSPS) is 12.8. The molecule has 2 rings (SSSR count). The first kappa shape index (κ1) is 24.1. The maximum Gasteiger partial charge on any atom is 0.293 e. The number of hydrogen-bond donors (Lipinski definition) is 3. The number of aryl methyl sites for hydroxylation is 1. The zero-order valence-electron chi connectivity index (χ0n) is 18.2. The third-order valence-electron chi connectivity index (χ3n) is 4.77. The Balaban J connectivity index is 1.86. The lowest BCUT2D eigenvalue weighted by Crippen LogP contribution is -2.41. The lowest BCUT2D eigenvalue weighted by atomic mass is 10.0. The quantitative estimate of drug-likeness (QED) is 0.177. The van der Waals surface area contributed by atoms with Gasteiger partial charge in [-0.2, -0.15) is 0 Å². The van der Waals surface area contributed by atoms with Gasteiger partial charge in [-0.15, -0.1) is 0 Å². The smallest absolute Gasteiger partial charge is 0.293 e. The van der Waals surface area contributed by atoms with Gasteiger partial charge >= 0.3 is 0 Å². The van der Waals surface area contributed by atoms with Crippen molar-refractivity contribution in [2.24, 2.45) is 4.99 Å². The Morgan fingerprint density at radius 3 is 2.39 bits per heavy atom. The molecule has 3 N–H and O–H groups in total. The first-order valence-corrected chi connectivity index (χ1v) is 11.7. The minimum absolute atomic E-state index is 0.0878. The van der Waals surface area contributed by atoms with Gasteiger partial charge in [0.05, 0.1) is 9.82 Å². The van der Waals surface area contributed by atoms with Gasteiger partial charge in [0.1, 0.15) is 5.69 Å². The lowest BCUT2D eigenvalue weighted by Gasteiger charge is -2.17. The highest BCUT2D eigenvalue weighted by Crippen LogP contribution is 2.27. The van der Waals surface area contributed by atoms with E-state index >= 15 is 0 Å². The molecule has 0 aliphatic heterocycles. The number of nitro benzene ring substituents is 1. The molecule has 0 amide bonds. The molecule has 0 heterocycles. The molecular formula is C21H29N5O4S. The zero-order valence-corrected chi connectivity index (χ0v) is 19.0. The van der Waals surface area contributed by atoms with Crippen molar-refractivity contribution in [1.29, 1.82) is 0 Å². The van der Waals surface area contributed by atoms with Gasteiger partial charge in [0.2, 0.25) is 0 Å². The molecule has 31 heavy (non-hydrogen) atoms. The van der Waals surface area contributed by atoms with Crippen molar-refractivity contribution in [3.8, 4) is 0 Å². The number of nitrogens with one attached hydrogen (secondary N) is 3. The third-order valence-corrected chi connectivity index (χ3v) is 5.88. The van der Waals surface area contributed by atoms with Gasteiger partial charge in [-0.1, -0.05) is 36.8 Å². The molecule has 0 fully saturated rings. The van der Waals surface area contributed by atoms with Crippen LogP contribution in [0.25, 0.3) is 0 Å². The van der Waals surface area contributed by atoms with Crippen LogP contribution in [-0.4, -0.2) is 52.2 Å². The lowest BCUT2D eigenvalue weighted by molar-refractivity contribution is -0.384. The predicted molar refractivity (Wildman–Crippen MR) is 124 cm³/mol. The molecule has 1 unspecified atom stereocenters. The number of guanidine groups is 1. The fraction of sp³-hybridized carbons (Fsp3) is 0.381. The Morgan fingerprint density at radius 1 is 1.13 bits per heavy atom. The number of benzene rings is 2. The van der Waals surface area contributed by atoms with E-state index in [2.05, 4.69) is 59.1 Å². The number of rotatable bonds is 9. The molecule has 0 saturated heterocycles. The highest BCUT2D eigenvalue weighted by molar-refractivity contribution is 7.90. The van der Waals surface area contributed by atoms with Crippen molar-refractivity contribution in [1.82, 2.24) is 10.6 Å². The summed E-state index contributed by atoms with van der Waals surface area (Å²) in [4.78, 5) is 14.8. The van der Waals surface area contributed by atoms with E-state index in [0.29, 0.717) is 31.5 Å². The molecule has 0 bridgehead atoms. The van der Waals surface area contributed by atoms with Crippen LogP contribution >= 0.6 is 0 Å². The van der Waals surface area contributed by atoms with E-state index in [1.807, 2.05) is 0 Å². The van der Waals surface area contributed by atoms with E-state index in [1.54, 1.807) is 7.05 Å². The molecule has 0 saturated carbocycles. The number of nitrogens with zero attached hydrogens (tertiary/aromatic N) is 2. The molecule has 1 atom stereocenters. The molecule has 2 aromatic carbocycles. The summed E-state index contributed by atoms with van der Waals surface area (Å²) in [5.41, 5.74) is 2.44. The van der Waals surface area contributed by atoms with Crippen molar-refractivity contribution < 1.29 is 13.3 Å². The van der Waals surface area contributed by atoms with Gasteiger partial charge in [-0.05, 0) is 30.5 Å². The van der Waals surface area contributed by atoms with E-state index in [0.717, 1.165) is 12.3 Å². The summed E-state index contributed by atoms with van der Waals surface area (Å²) in [6, 6.07) is 12.2. The molecule has 10 heteroatoms. The van der Waals surface area contributed by atoms with Crippen LogP contribution in [0.3, 0.4) is 0 Å². The summed E-state index contributed by atoms with van der Waals surface area (Å²) in [5.74, 6) is 0.927. The van der Waals surface area contributed by atoms with E-state index in [4.69, 9.17) is 0 Å². The van der Waals surface area contributed by atoms with Crippen LogP contribution in [0.2, 0.25) is 0 Å². The Kier molecular flexibility index (Phi) is 8.38. The number of aliphatic imine (C=N–C) groups is 1. The SMILES string of the molecule is CN=C(NCCNc1ccc(S(C)(=O)=O)cc1[N+](=O)[O-])NCC(C)c1ccc(C)cc1. The van der Waals surface area contributed by atoms with Gasteiger partial charge < -0.3 is 16.0 Å². The zero-order chi connectivity index (χ0) is 23.0. The molecule has 0 radical (unpaired) electrons. The minimum atomic E-state index is -3.52. The molecule has 0 aliphatic carbocycles. The van der Waals surface area contributed by atoms with Crippen molar-refractivity contribution in [3.05, 3.63) is 63.7 Å². The largest absolute Gasteiger partial charge is 0.378 e. The number of hydrogen-bond acceptors (Lipinski definition) is 6. The standard InChI is InChI=1S/C21H29N5O4S/c1-15-5-7-17(8-6-15)16(2)14-25-21(22-3)24-12-11-23-19-10-9-18(31(4,29)30)13-20(19)26(27)28/h5-10,13,16,23H,11-12,14H2,1-4H3,(H2,22,24,25). The first-order valence-electron chi connectivity index (χ1n) is 9.85. The van der Waals surface area contributed by atoms with E-state index in [1.165, 1.54) is 23.3 Å². The topological polar surface area (TPSA) is 126 Å². The summed E-state index contributed by atoms with van der Waals surface area (Å²) in [6.45, 7) is 5.73. The average molecular weight is 448 g/mol. The monoisotopic (exact) mass is 447 g/mol. The molecule has 2 aromatic rings. The van der Waals surface area contributed by atoms with Crippen molar-refractivity contribution in [3.63, 3.8) is 0 Å².